The lowest BCUT2D eigenvalue weighted by atomic mass is 9.72. The first-order valence-electron chi connectivity index (χ1n) is 11.5. The first-order valence-corrected chi connectivity index (χ1v) is 12.5. The van der Waals surface area contributed by atoms with Crippen LogP contribution in [0.1, 0.15) is 52.5 Å². The number of nitrogens with zero attached hydrogens (tertiary/aromatic N) is 2. The number of hydrogen-bond acceptors (Lipinski definition) is 5. The van der Waals surface area contributed by atoms with Gasteiger partial charge in [-0.15, -0.1) is 11.8 Å². The van der Waals surface area contributed by atoms with E-state index in [-0.39, 0.29) is 23.2 Å². The van der Waals surface area contributed by atoms with Crippen LogP contribution in [-0.2, 0) is 17.6 Å². The lowest BCUT2D eigenvalue weighted by Crippen LogP contribution is -2.59. The van der Waals surface area contributed by atoms with Crippen molar-refractivity contribution in [3.63, 3.8) is 0 Å². The Labute approximate surface area is 204 Å². The molecule has 0 unspecified atom stereocenters. The predicted octanol–water partition coefficient (Wildman–Crippen LogP) is 4.11. The van der Waals surface area contributed by atoms with Crippen LogP contribution in [0, 0.1) is 11.6 Å². The molecule has 0 aliphatic carbocycles. The minimum Gasteiger partial charge on any atom is -0.502 e. The molecular formula is C26H23F2N3O3S. The SMILES string of the molecule is C[C@]1(c2ccc3c(c2)Cc2ccc(F)c(F)c2CS3)CCN2C(=O)c3c(O)c(=O)ccn3N[C@@H]2C1. The van der Waals surface area contributed by atoms with Crippen molar-refractivity contribution < 1.29 is 18.7 Å². The molecule has 4 heterocycles. The second-order valence-corrected chi connectivity index (χ2v) is 10.7. The van der Waals surface area contributed by atoms with Crippen LogP contribution in [0.4, 0.5) is 8.78 Å². The number of benzene rings is 2. The second kappa shape index (κ2) is 7.84. The molecule has 2 N–H and O–H groups in total. The van der Waals surface area contributed by atoms with Crippen molar-refractivity contribution in [2.45, 2.75) is 48.4 Å². The third-order valence-corrected chi connectivity index (χ3v) is 8.70. The highest BCUT2D eigenvalue weighted by molar-refractivity contribution is 7.98. The van der Waals surface area contributed by atoms with E-state index in [1.807, 2.05) is 0 Å². The zero-order chi connectivity index (χ0) is 24.5. The Hall–Kier alpha value is -3.33. The Bertz CT molecular complexity index is 1460. The number of carbonyl (C=O) groups excluding carboxylic acids is 1. The van der Waals surface area contributed by atoms with Crippen LogP contribution in [0.25, 0.3) is 0 Å². The summed E-state index contributed by atoms with van der Waals surface area (Å²) in [6.45, 7) is 2.64. The van der Waals surface area contributed by atoms with Crippen molar-refractivity contribution in [2.24, 2.45) is 0 Å². The molecule has 0 spiro atoms. The fraction of sp³-hybridized carbons (Fsp3) is 0.308. The van der Waals surface area contributed by atoms with Gasteiger partial charge >= 0.3 is 0 Å². The maximum Gasteiger partial charge on any atom is 0.278 e. The van der Waals surface area contributed by atoms with E-state index in [1.165, 1.54) is 34.8 Å². The van der Waals surface area contributed by atoms with Gasteiger partial charge in [-0.05, 0) is 53.5 Å². The van der Waals surface area contributed by atoms with E-state index in [0.29, 0.717) is 37.1 Å². The highest BCUT2D eigenvalue weighted by Gasteiger charge is 2.44. The second-order valence-electron chi connectivity index (χ2n) is 9.69. The number of fused-ring (bicyclic) bond motifs is 4. The van der Waals surface area contributed by atoms with Crippen molar-refractivity contribution in [2.75, 3.05) is 12.0 Å². The number of rotatable bonds is 1. The van der Waals surface area contributed by atoms with Crippen molar-refractivity contribution in [1.29, 1.82) is 0 Å². The number of nitrogens with one attached hydrogen (secondary N) is 1. The average molecular weight is 496 g/mol. The Morgan fingerprint density at radius 3 is 2.80 bits per heavy atom. The summed E-state index contributed by atoms with van der Waals surface area (Å²) in [6, 6.07) is 10.4. The minimum absolute atomic E-state index is 0.0401. The molecule has 180 valence electrons. The molecular weight excluding hydrogens is 472 g/mol. The summed E-state index contributed by atoms with van der Waals surface area (Å²) in [5, 5.41) is 10.2. The van der Waals surface area contributed by atoms with Gasteiger partial charge in [0, 0.05) is 35.0 Å². The number of aromatic hydroxyl groups is 1. The van der Waals surface area contributed by atoms with E-state index < -0.39 is 22.8 Å². The number of pyridine rings is 1. The van der Waals surface area contributed by atoms with E-state index >= 15 is 0 Å². The number of halogens is 2. The van der Waals surface area contributed by atoms with Crippen LogP contribution >= 0.6 is 11.8 Å². The van der Waals surface area contributed by atoms with E-state index in [2.05, 4.69) is 30.5 Å². The van der Waals surface area contributed by atoms with Crippen molar-refractivity contribution in [1.82, 2.24) is 9.58 Å². The normalized spacial score (nSPS) is 22.9. The fourth-order valence-corrected chi connectivity index (χ4v) is 6.55. The van der Waals surface area contributed by atoms with Crippen molar-refractivity contribution in [3.8, 4) is 5.75 Å². The number of hydrogen-bond donors (Lipinski definition) is 2. The molecule has 6 rings (SSSR count). The fourth-order valence-electron chi connectivity index (χ4n) is 5.46. The number of aromatic nitrogens is 1. The zero-order valence-corrected chi connectivity index (χ0v) is 19.8. The number of piperidine rings is 1. The molecule has 1 fully saturated rings. The van der Waals surface area contributed by atoms with E-state index in [4.69, 9.17) is 0 Å². The topological polar surface area (TPSA) is 74.6 Å². The van der Waals surface area contributed by atoms with Gasteiger partial charge in [0.15, 0.2) is 23.1 Å². The highest BCUT2D eigenvalue weighted by atomic mass is 32.2. The van der Waals surface area contributed by atoms with Gasteiger partial charge in [-0.25, -0.2) is 8.78 Å². The van der Waals surface area contributed by atoms with Gasteiger partial charge in [0.25, 0.3) is 5.91 Å². The molecule has 3 aliphatic heterocycles. The van der Waals surface area contributed by atoms with Crippen LogP contribution in [-0.4, -0.2) is 33.3 Å². The van der Waals surface area contributed by atoms with Gasteiger partial charge in [-0.2, -0.15) is 0 Å². The first-order chi connectivity index (χ1) is 16.7. The minimum atomic E-state index is -0.816. The van der Waals surface area contributed by atoms with Gasteiger partial charge < -0.3 is 15.4 Å². The highest BCUT2D eigenvalue weighted by Crippen LogP contribution is 2.42. The summed E-state index contributed by atoms with van der Waals surface area (Å²) in [5.74, 6) is -2.10. The number of carbonyl (C=O) groups is 1. The predicted molar refractivity (Wildman–Crippen MR) is 128 cm³/mol. The van der Waals surface area contributed by atoms with Crippen LogP contribution in [0.3, 0.4) is 0 Å². The Morgan fingerprint density at radius 1 is 1.14 bits per heavy atom. The molecule has 2 atom stereocenters. The standard InChI is InChI=1S/C26H23F2N3O3S/c1-26(7-9-30-21(12-26)29-31-8-6-19(32)24(33)23(31)25(30)34)16-3-5-20-15(11-16)10-14-2-4-18(27)22(28)17(14)13-35-20/h2-6,8,11,21,29,33H,7,9-10,12-13H2,1H3/t21-,26-/m0/s1. The summed E-state index contributed by atoms with van der Waals surface area (Å²) in [7, 11) is 0. The maximum absolute atomic E-state index is 14.4. The van der Waals surface area contributed by atoms with Crippen molar-refractivity contribution >= 4 is 17.7 Å². The first kappa shape index (κ1) is 22.2. The van der Waals surface area contributed by atoms with E-state index in [9.17, 15) is 23.5 Å². The Morgan fingerprint density at radius 2 is 1.97 bits per heavy atom. The van der Waals surface area contributed by atoms with Crippen LogP contribution < -0.4 is 10.9 Å². The Kier molecular flexibility index (Phi) is 4.96. The third kappa shape index (κ3) is 3.43. The molecule has 0 saturated carbocycles. The molecule has 1 saturated heterocycles. The maximum atomic E-state index is 14.4. The largest absolute Gasteiger partial charge is 0.502 e. The van der Waals surface area contributed by atoms with Gasteiger partial charge in [0.2, 0.25) is 5.43 Å². The Balaban J connectivity index is 1.32. The lowest BCUT2D eigenvalue weighted by Gasteiger charge is -2.48. The van der Waals surface area contributed by atoms with E-state index in [1.54, 1.807) is 11.0 Å². The summed E-state index contributed by atoms with van der Waals surface area (Å²) in [5.41, 5.74) is 5.84. The molecule has 1 aromatic heterocycles. The van der Waals surface area contributed by atoms with Crippen molar-refractivity contribution in [3.05, 3.63) is 92.4 Å². The molecule has 35 heavy (non-hydrogen) atoms. The summed E-state index contributed by atoms with van der Waals surface area (Å²) >= 11 is 1.52. The van der Waals surface area contributed by atoms with Gasteiger partial charge in [-0.1, -0.05) is 25.1 Å². The molecule has 0 radical (unpaired) electrons. The zero-order valence-electron chi connectivity index (χ0n) is 19.0. The van der Waals surface area contributed by atoms with Gasteiger partial charge in [-0.3, -0.25) is 14.3 Å². The van der Waals surface area contributed by atoms with Gasteiger partial charge in [0.1, 0.15) is 6.17 Å². The molecule has 3 aromatic rings. The quantitative estimate of drug-likeness (QED) is 0.532. The van der Waals surface area contributed by atoms with Crippen LogP contribution in [0.5, 0.6) is 5.75 Å². The number of amides is 1. The average Bonchev–Trinajstić information content (AvgIpc) is 3.03. The summed E-state index contributed by atoms with van der Waals surface area (Å²) in [4.78, 5) is 27.6. The summed E-state index contributed by atoms with van der Waals surface area (Å²) < 4.78 is 29.6. The molecule has 6 nitrogen and oxygen atoms in total. The third-order valence-electron chi connectivity index (χ3n) is 7.55. The molecule has 0 bridgehead atoms. The smallest absolute Gasteiger partial charge is 0.278 e. The molecule has 9 heteroatoms. The molecule has 3 aliphatic rings. The number of thioether (sulfide) groups is 1. The monoisotopic (exact) mass is 495 g/mol. The summed E-state index contributed by atoms with van der Waals surface area (Å²) in [6.07, 6.45) is 3.04. The van der Waals surface area contributed by atoms with Crippen LogP contribution in [0.15, 0.2) is 52.3 Å². The van der Waals surface area contributed by atoms with Gasteiger partial charge in [0.05, 0.1) is 0 Å². The molecule has 2 aromatic carbocycles. The lowest BCUT2D eigenvalue weighted by molar-refractivity contribution is 0.0477. The van der Waals surface area contributed by atoms with E-state index in [0.717, 1.165) is 21.6 Å². The van der Waals surface area contributed by atoms with Crippen LogP contribution in [0.2, 0.25) is 0 Å². The molecule has 1 amide bonds.